The van der Waals surface area contributed by atoms with Crippen molar-refractivity contribution in [2.24, 2.45) is 0 Å². The summed E-state index contributed by atoms with van der Waals surface area (Å²) in [5.74, 6) is 0.218. The summed E-state index contributed by atoms with van der Waals surface area (Å²) in [6.07, 6.45) is 1.22. The molecule has 1 heterocycles. The normalized spacial score (nSPS) is 21.1. The third-order valence-corrected chi connectivity index (χ3v) is 3.60. The zero-order valence-corrected chi connectivity index (χ0v) is 12.1. The van der Waals surface area contributed by atoms with E-state index in [-0.39, 0.29) is 11.9 Å². The first-order valence-electron chi connectivity index (χ1n) is 7.00. The van der Waals surface area contributed by atoms with Crippen LogP contribution in [0.3, 0.4) is 0 Å². The molecule has 0 amide bonds. The molecule has 1 aliphatic heterocycles. The maximum absolute atomic E-state index is 12.4. The topological polar surface area (TPSA) is 29.5 Å². The molecule has 0 spiro atoms. The Labute approximate surface area is 115 Å². The highest BCUT2D eigenvalue weighted by Gasteiger charge is 2.19. The second-order valence-electron chi connectivity index (χ2n) is 5.51. The van der Waals surface area contributed by atoms with Crippen LogP contribution in [0.4, 0.5) is 0 Å². The van der Waals surface area contributed by atoms with Crippen molar-refractivity contribution in [3.8, 4) is 0 Å². The molecular formula is C16H23NO2. The molecule has 3 nitrogen and oxygen atoms in total. The van der Waals surface area contributed by atoms with Crippen LogP contribution in [0, 0.1) is 13.8 Å². The van der Waals surface area contributed by atoms with Gasteiger partial charge in [-0.1, -0.05) is 17.7 Å². The molecule has 19 heavy (non-hydrogen) atoms. The first kappa shape index (κ1) is 14.2. The zero-order chi connectivity index (χ0) is 13.8. The fourth-order valence-corrected chi connectivity index (χ4v) is 2.55. The van der Waals surface area contributed by atoms with E-state index in [1.807, 2.05) is 32.0 Å². The Morgan fingerprint density at radius 3 is 3.00 bits per heavy atom. The van der Waals surface area contributed by atoms with Crippen LogP contribution < -0.4 is 0 Å². The number of carbonyl (C=O) groups excluding carboxylic acids is 1. The predicted molar refractivity (Wildman–Crippen MR) is 76.7 cm³/mol. The van der Waals surface area contributed by atoms with Crippen molar-refractivity contribution in [2.75, 3.05) is 26.2 Å². The van der Waals surface area contributed by atoms with Crippen molar-refractivity contribution < 1.29 is 9.53 Å². The van der Waals surface area contributed by atoms with Crippen LogP contribution in [0.2, 0.25) is 0 Å². The van der Waals surface area contributed by atoms with Gasteiger partial charge in [0.25, 0.3) is 0 Å². The monoisotopic (exact) mass is 261 g/mol. The lowest BCUT2D eigenvalue weighted by molar-refractivity contribution is 0.0657. The van der Waals surface area contributed by atoms with Gasteiger partial charge in [-0.05, 0) is 38.8 Å². The molecule has 2 rings (SSSR count). The Morgan fingerprint density at radius 1 is 1.42 bits per heavy atom. The predicted octanol–water partition coefficient (Wildman–Crippen LogP) is 2.60. The number of ketones is 1. The van der Waals surface area contributed by atoms with E-state index in [9.17, 15) is 4.79 Å². The number of carbonyl (C=O) groups is 1. The van der Waals surface area contributed by atoms with Gasteiger partial charge in [0, 0.05) is 25.3 Å². The highest BCUT2D eigenvalue weighted by Crippen LogP contribution is 2.13. The zero-order valence-electron chi connectivity index (χ0n) is 12.1. The van der Waals surface area contributed by atoms with Gasteiger partial charge in [-0.25, -0.2) is 0 Å². The molecule has 1 fully saturated rings. The van der Waals surface area contributed by atoms with Gasteiger partial charge >= 0.3 is 0 Å². The van der Waals surface area contributed by atoms with Crippen LogP contribution in [0.15, 0.2) is 18.2 Å². The van der Waals surface area contributed by atoms with Crippen LogP contribution in [0.5, 0.6) is 0 Å². The highest BCUT2D eigenvalue weighted by atomic mass is 16.5. The minimum atomic E-state index is 0.217. The molecule has 1 unspecified atom stereocenters. The number of hydrogen-bond acceptors (Lipinski definition) is 3. The number of rotatable bonds is 3. The van der Waals surface area contributed by atoms with Gasteiger partial charge in [0.05, 0.1) is 12.6 Å². The molecule has 1 aliphatic rings. The smallest absolute Gasteiger partial charge is 0.177 e. The van der Waals surface area contributed by atoms with E-state index in [4.69, 9.17) is 4.74 Å². The van der Waals surface area contributed by atoms with Gasteiger partial charge in [-0.3, -0.25) is 9.69 Å². The summed E-state index contributed by atoms with van der Waals surface area (Å²) in [7, 11) is 0. The van der Waals surface area contributed by atoms with Gasteiger partial charge in [-0.2, -0.15) is 0 Å². The third kappa shape index (κ3) is 3.88. The molecule has 3 heteroatoms. The molecule has 1 saturated heterocycles. The van der Waals surface area contributed by atoms with E-state index in [0.29, 0.717) is 6.54 Å². The van der Waals surface area contributed by atoms with E-state index in [2.05, 4.69) is 11.8 Å². The number of ether oxygens (including phenoxy) is 1. The number of hydrogen-bond donors (Lipinski definition) is 0. The lowest BCUT2D eigenvalue weighted by atomic mass is 10.0. The largest absolute Gasteiger partial charge is 0.377 e. The Balaban J connectivity index is 2.05. The van der Waals surface area contributed by atoms with Gasteiger partial charge in [0.1, 0.15) is 0 Å². The lowest BCUT2D eigenvalue weighted by Crippen LogP contribution is -2.35. The first-order valence-corrected chi connectivity index (χ1v) is 7.00. The van der Waals surface area contributed by atoms with Crippen molar-refractivity contribution in [1.82, 2.24) is 4.90 Å². The standard InChI is InChI=1S/C16H23NO2/c1-12-5-6-13(2)15(9-12)16(18)11-17-7-4-8-19-14(3)10-17/h5-6,9,14H,4,7-8,10-11H2,1-3H3. The molecular weight excluding hydrogens is 238 g/mol. The second kappa shape index (κ2) is 6.31. The van der Waals surface area contributed by atoms with E-state index >= 15 is 0 Å². The molecule has 0 saturated carbocycles. The Bertz CT molecular complexity index is 456. The fraction of sp³-hybridized carbons (Fsp3) is 0.562. The summed E-state index contributed by atoms with van der Waals surface area (Å²) in [5.41, 5.74) is 3.06. The molecule has 0 aliphatic carbocycles. The maximum Gasteiger partial charge on any atom is 0.177 e. The molecule has 0 bridgehead atoms. The molecule has 0 radical (unpaired) electrons. The molecule has 0 N–H and O–H groups in total. The second-order valence-corrected chi connectivity index (χ2v) is 5.51. The van der Waals surface area contributed by atoms with Gasteiger partial charge in [0.15, 0.2) is 5.78 Å². The fourth-order valence-electron chi connectivity index (χ4n) is 2.55. The summed E-state index contributed by atoms with van der Waals surface area (Å²) >= 11 is 0. The molecule has 0 aromatic heterocycles. The summed E-state index contributed by atoms with van der Waals surface area (Å²) in [6, 6.07) is 6.07. The summed E-state index contributed by atoms with van der Waals surface area (Å²) in [5, 5.41) is 0. The van der Waals surface area contributed by atoms with Crippen molar-refractivity contribution in [1.29, 1.82) is 0 Å². The minimum absolute atomic E-state index is 0.217. The van der Waals surface area contributed by atoms with Crippen molar-refractivity contribution >= 4 is 5.78 Å². The molecule has 1 aromatic rings. The van der Waals surface area contributed by atoms with Crippen molar-refractivity contribution in [3.05, 3.63) is 34.9 Å². The van der Waals surface area contributed by atoms with E-state index in [1.54, 1.807) is 0 Å². The number of nitrogens with zero attached hydrogens (tertiary/aromatic N) is 1. The molecule has 104 valence electrons. The lowest BCUT2D eigenvalue weighted by Gasteiger charge is -2.21. The van der Waals surface area contributed by atoms with Crippen molar-refractivity contribution in [2.45, 2.75) is 33.3 Å². The Kier molecular flexibility index (Phi) is 4.72. The first-order chi connectivity index (χ1) is 9.06. The molecule has 1 atom stereocenters. The minimum Gasteiger partial charge on any atom is -0.377 e. The summed E-state index contributed by atoms with van der Waals surface area (Å²) in [6.45, 7) is 9.19. The van der Waals surface area contributed by atoms with Gasteiger partial charge < -0.3 is 4.74 Å². The highest BCUT2D eigenvalue weighted by molar-refractivity contribution is 5.99. The van der Waals surface area contributed by atoms with Crippen LogP contribution in [0.1, 0.15) is 34.8 Å². The number of aryl methyl sites for hydroxylation is 2. The van der Waals surface area contributed by atoms with Crippen LogP contribution in [-0.4, -0.2) is 43.0 Å². The maximum atomic E-state index is 12.4. The SMILES string of the molecule is Cc1ccc(C)c(C(=O)CN2CCCOC(C)C2)c1. The Hall–Kier alpha value is -1.19. The number of Topliss-reactive ketones (excluding diaryl/α,β-unsaturated/α-hetero) is 1. The average molecular weight is 261 g/mol. The quantitative estimate of drug-likeness (QED) is 0.783. The van der Waals surface area contributed by atoms with E-state index in [0.717, 1.165) is 42.8 Å². The summed E-state index contributed by atoms with van der Waals surface area (Å²) < 4.78 is 5.61. The van der Waals surface area contributed by atoms with Crippen molar-refractivity contribution in [3.63, 3.8) is 0 Å². The van der Waals surface area contributed by atoms with E-state index < -0.39 is 0 Å². The van der Waals surface area contributed by atoms with Crippen LogP contribution in [-0.2, 0) is 4.74 Å². The van der Waals surface area contributed by atoms with Crippen LogP contribution in [0.25, 0.3) is 0 Å². The number of benzene rings is 1. The summed E-state index contributed by atoms with van der Waals surface area (Å²) in [4.78, 5) is 14.6. The van der Waals surface area contributed by atoms with Gasteiger partial charge in [0.2, 0.25) is 0 Å². The average Bonchev–Trinajstić information content (AvgIpc) is 2.56. The van der Waals surface area contributed by atoms with Crippen LogP contribution >= 0.6 is 0 Å². The third-order valence-electron chi connectivity index (χ3n) is 3.60. The van der Waals surface area contributed by atoms with E-state index in [1.165, 1.54) is 0 Å². The Morgan fingerprint density at radius 2 is 2.21 bits per heavy atom. The molecule has 1 aromatic carbocycles. The van der Waals surface area contributed by atoms with Gasteiger partial charge in [-0.15, -0.1) is 0 Å².